The Bertz CT molecular complexity index is 504. The molecule has 1 aromatic carbocycles. The smallest absolute Gasteiger partial charge is 0.170 e. The molecule has 5 heteroatoms. The van der Waals surface area contributed by atoms with E-state index in [4.69, 9.17) is 22.5 Å². The Hall–Kier alpha value is -1.26. The number of piperidine rings is 1. The fourth-order valence-corrected chi connectivity index (χ4v) is 3.00. The molecular weight excluding hydrogens is 274 g/mol. The fraction of sp³-hybridized carbons (Fsp3) is 0.533. The molecule has 1 heterocycles. The fourth-order valence-electron chi connectivity index (χ4n) is 2.76. The molecule has 1 aromatic rings. The van der Waals surface area contributed by atoms with Gasteiger partial charge >= 0.3 is 0 Å². The lowest BCUT2D eigenvalue weighted by atomic mass is 9.91. The average Bonchev–Trinajstić information content (AvgIpc) is 2.45. The summed E-state index contributed by atoms with van der Waals surface area (Å²) in [4.78, 5) is 2.47. The summed E-state index contributed by atoms with van der Waals surface area (Å²) in [6, 6.07) is 6.13. The van der Waals surface area contributed by atoms with Gasteiger partial charge < -0.3 is 10.9 Å². The number of benzene rings is 1. The van der Waals surface area contributed by atoms with Crippen LogP contribution in [0.2, 0.25) is 5.02 Å². The van der Waals surface area contributed by atoms with Crippen molar-refractivity contribution in [3.63, 3.8) is 0 Å². The summed E-state index contributed by atoms with van der Waals surface area (Å²) >= 11 is 6.31. The molecule has 1 aliphatic heterocycles. The van der Waals surface area contributed by atoms with Gasteiger partial charge in [0.25, 0.3) is 0 Å². The zero-order chi connectivity index (χ0) is 14.7. The van der Waals surface area contributed by atoms with Crippen LogP contribution in [0.3, 0.4) is 0 Å². The summed E-state index contributed by atoms with van der Waals surface area (Å²) in [7, 11) is 0. The number of rotatable bonds is 3. The number of likely N-dealkylation sites (tertiary alicyclic amines) is 1. The lowest BCUT2D eigenvalue weighted by Gasteiger charge is -2.38. The van der Waals surface area contributed by atoms with Crippen molar-refractivity contribution in [2.24, 2.45) is 16.8 Å². The number of halogens is 1. The minimum absolute atomic E-state index is 0.0819. The maximum absolute atomic E-state index is 8.68. The monoisotopic (exact) mass is 295 g/mol. The van der Waals surface area contributed by atoms with E-state index >= 15 is 0 Å². The first-order valence-electron chi connectivity index (χ1n) is 7.03. The summed E-state index contributed by atoms with van der Waals surface area (Å²) < 4.78 is 0. The molecule has 2 atom stereocenters. The predicted molar refractivity (Wildman–Crippen MR) is 82.2 cm³/mol. The second kappa shape index (κ2) is 6.46. The Morgan fingerprint density at radius 1 is 1.50 bits per heavy atom. The van der Waals surface area contributed by atoms with Crippen molar-refractivity contribution < 1.29 is 5.21 Å². The normalized spacial score (nSPS) is 24.9. The second-order valence-electron chi connectivity index (χ2n) is 5.62. The SMILES string of the molecule is CC1CCCN(Cc2ccc(/C(N)=N/O)cc2Cl)C1C. The number of nitrogens with zero attached hydrogens (tertiary/aromatic N) is 2. The van der Waals surface area contributed by atoms with Gasteiger partial charge in [0, 0.05) is 23.2 Å². The molecule has 0 saturated carbocycles. The Morgan fingerprint density at radius 2 is 2.25 bits per heavy atom. The topological polar surface area (TPSA) is 61.8 Å². The third kappa shape index (κ3) is 3.25. The number of nitrogens with two attached hydrogens (primary N) is 1. The van der Waals surface area contributed by atoms with E-state index in [-0.39, 0.29) is 5.84 Å². The van der Waals surface area contributed by atoms with E-state index in [9.17, 15) is 0 Å². The van der Waals surface area contributed by atoms with Crippen LogP contribution in [-0.4, -0.2) is 28.5 Å². The zero-order valence-electron chi connectivity index (χ0n) is 12.0. The first-order chi connectivity index (χ1) is 9.52. The van der Waals surface area contributed by atoms with E-state index < -0.39 is 0 Å². The summed E-state index contributed by atoms with van der Waals surface area (Å²) in [6.45, 7) is 6.55. The summed E-state index contributed by atoms with van der Waals surface area (Å²) in [5.74, 6) is 0.803. The van der Waals surface area contributed by atoms with Crippen molar-refractivity contribution in [3.05, 3.63) is 34.3 Å². The largest absolute Gasteiger partial charge is 0.409 e. The molecule has 3 N–H and O–H groups in total. The van der Waals surface area contributed by atoms with Crippen LogP contribution >= 0.6 is 11.6 Å². The van der Waals surface area contributed by atoms with Gasteiger partial charge in [-0.3, -0.25) is 4.90 Å². The first-order valence-corrected chi connectivity index (χ1v) is 7.41. The van der Waals surface area contributed by atoms with Gasteiger partial charge in [-0.2, -0.15) is 0 Å². The standard InChI is InChI=1S/C15H22ClN3O/c1-10-4-3-7-19(11(10)2)9-13-6-5-12(8-14(13)16)15(17)18-20/h5-6,8,10-11,20H,3-4,7,9H2,1-2H3,(H2,17,18). The summed E-state index contributed by atoms with van der Waals surface area (Å²) in [5.41, 5.74) is 7.29. The van der Waals surface area contributed by atoms with Crippen LogP contribution in [0.4, 0.5) is 0 Å². The minimum atomic E-state index is 0.0819. The molecule has 110 valence electrons. The molecule has 2 rings (SSSR count). The van der Waals surface area contributed by atoms with Gasteiger partial charge in [-0.05, 0) is 43.9 Å². The van der Waals surface area contributed by atoms with E-state index in [0.29, 0.717) is 16.6 Å². The van der Waals surface area contributed by atoms with E-state index in [1.54, 1.807) is 6.07 Å². The van der Waals surface area contributed by atoms with Gasteiger partial charge in [0.15, 0.2) is 5.84 Å². The molecule has 1 saturated heterocycles. The molecule has 0 radical (unpaired) electrons. The van der Waals surface area contributed by atoms with Gasteiger partial charge in [-0.1, -0.05) is 35.8 Å². The van der Waals surface area contributed by atoms with Gasteiger partial charge in [0.05, 0.1) is 0 Å². The lowest BCUT2D eigenvalue weighted by molar-refractivity contribution is 0.106. The minimum Gasteiger partial charge on any atom is -0.409 e. The predicted octanol–water partition coefficient (Wildman–Crippen LogP) is 3.05. The van der Waals surface area contributed by atoms with E-state index in [1.807, 2.05) is 12.1 Å². The van der Waals surface area contributed by atoms with Crippen LogP contribution in [0, 0.1) is 5.92 Å². The van der Waals surface area contributed by atoms with Gasteiger partial charge in [0.2, 0.25) is 0 Å². The molecule has 0 aromatic heterocycles. The van der Waals surface area contributed by atoms with E-state index in [2.05, 4.69) is 23.9 Å². The molecule has 0 bridgehead atoms. The van der Waals surface area contributed by atoms with Crippen molar-refractivity contribution >= 4 is 17.4 Å². The molecule has 0 aliphatic carbocycles. The number of amidine groups is 1. The van der Waals surface area contributed by atoms with Gasteiger partial charge in [0.1, 0.15) is 0 Å². The van der Waals surface area contributed by atoms with Crippen molar-refractivity contribution in [1.82, 2.24) is 4.90 Å². The third-order valence-corrected chi connectivity index (χ3v) is 4.69. The molecule has 1 aliphatic rings. The molecule has 4 nitrogen and oxygen atoms in total. The highest BCUT2D eigenvalue weighted by molar-refractivity contribution is 6.31. The average molecular weight is 296 g/mol. The Labute approximate surface area is 125 Å². The molecule has 0 spiro atoms. The van der Waals surface area contributed by atoms with Crippen LogP contribution in [0.25, 0.3) is 0 Å². The summed E-state index contributed by atoms with van der Waals surface area (Å²) in [6.07, 6.45) is 2.54. The molecular formula is C15H22ClN3O. The maximum Gasteiger partial charge on any atom is 0.170 e. The van der Waals surface area contributed by atoms with Gasteiger partial charge in [-0.15, -0.1) is 0 Å². The van der Waals surface area contributed by atoms with E-state index in [1.165, 1.54) is 12.8 Å². The third-order valence-electron chi connectivity index (χ3n) is 4.33. The van der Waals surface area contributed by atoms with Crippen molar-refractivity contribution in [1.29, 1.82) is 0 Å². The van der Waals surface area contributed by atoms with Crippen LogP contribution in [-0.2, 0) is 6.54 Å². The molecule has 2 unspecified atom stereocenters. The van der Waals surface area contributed by atoms with Crippen LogP contribution in [0.15, 0.2) is 23.4 Å². The number of hydrogen-bond acceptors (Lipinski definition) is 3. The van der Waals surface area contributed by atoms with Crippen LogP contribution in [0.5, 0.6) is 0 Å². The van der Waals surface area contributed by atoms with Crippen molar-refractivity contribution in [3.8, 4) is 0 Å². The van der Waals surface area contributed by atoms with Crippen LogP contribution in [0.1, 0.15) is 37.8 Å². The Morgan fingerprint density at radius 3 is 2.90 bits per heavy atom. The molecule has 20 heavy (non-hydrogen) atoms. The second-order valence-corrected chi connectivity index (χ2v) is 6.03. The van der Waals surface area contributed by atoms with Crippen molar-refractivity contribution in [2.45, 2.75) is 39.3 Å². The highest BCUT2D eigenvalue weighted by Gasteiger charge is 2.25. The zero-order valence-corrected chi connectivity index (χ0v) is 12.8. The van der Waals surface area contributed by atoms with Gasteiger partial charge in [-0.25, -0.2) is 0 Å². The Kier molecular flexibility index (Phi) is 4.89. The first kappa shape index (κ1) is 15.1. The lowest BCUT2D eigenvalue weighted by Crippen LogP contribution is -2.41. The highest BCUT2D eigenvalue weighted by Crippen LogP contribution is 2.27. The highest BCUT2D eigenvalue weighted by atomic mass is 35.5. The van der Waals surface area contributed by atoms with Crippen LogP contribution < -0.4 is 5.73 Å². The Balaban J connectivity index is 2.14. The van der Waals surface area contributed by atoms with Crippen molar-refractivity contribution in [2.75, 3.05) is 6.54 Å². The summed E-state index contributed by atoms with van der Waals surface area (Å²) in [5, 5.41) is 12.3. The quantitative estimate of drug-likeness (QED) is 0.390. The number of oxime groups is 1. The van der Waals surface area contributed by atoms with E-state index in [0.717, 1.165) is 24.6 Å². The number of hydrogen-bond donors (Lipinski definition) is 2. The molecule has 0 amide bonds. The molecule has 1 fully saturated rings. The maximum atomic E-state index is 8.68.